The summed E-state index contributed by atoms with van der Waals surface area (Å²) in [7, 11) is 0. The van der Waals surface area contributed by atoms with E-state index in [-0.39, 0.29) is 22.0 Å². The zero-order chi connectivity index (χ0) is 18.7. The van der Waals surface area contributed by atoms with Crippen molar-refractivity contribution in [2.75, 3.05) is 31.2 Å². The summed E-state index contributed by atoms with van der Waals surface area (Å²) in [6, 6.07) is 8.65. The van der Waals surface area contributed by atoms with Gasteiger partial charge < -0.3 is 14.4 Å². The number of ether oxygens (including phenoxy) is 2. The average molecular weight is 397 g/mol. The van der Waals surface area contributed by atoms with Crippen LogP contribution >= 0.6 is 23.2 Å². The Bertz CT molecular complexity index is 853. The van der Waals surface area contributed by atoms with E-state index in [0.717, 1.165) is 0 Å². The minimum absolute atomic E-state index is 0.0692. The lowest BCUT2D eigenvalue weighted by Gasteiger charge is -2.28. The van der Waals surface area contributed by atoms with Crippen LogP contribution < -0.4 is 9.64 Å². The Labute approximate surface area is 159 Å². The van der Waals surface area contributed by atoms with Gasteiger partial charge in [-0.25, -0.2) is 4.79 Å². The zero-order valence-electron chi connectivity index (χ0n) is 13.5. The van der Waals surface area contributed by atoms with Crippen LogP contribution in [0.4, 0.5) is 11.4 Å². The molecular weight excluding hydrogens is 383 g/mol. The molecule has 0 aliphatic carbocycles. The van der Waals surface area contributed by atoms with Crippen molar-refractivity contribution in [3.63, 3.8) is 0 Å². The van der Waals surface area contributed by atoms with Gasteiger partial charge >= 0.3 is 5.97 Å². The maximum Gasteiger partial charge on any atom is 0.343 e. The molecule has 1 saturated heterocycles. The second-order valence-corrected chi connectivity index (χ2v) is 6.34. The second kappa shape index (κ2) is 7.90. The van der Waals surface area contributed by atoms with Crippen molar-refractivity contribution < 1.29 is 19.2 Å². The quantitative estimate of drug-likeness (QED) is 0.336. The third kappa shape index (κ3) is 4.07. The number of hydrogen-bond acceptors (Lipinski definition) is 6. The molecule has 0 radical (unpaired) electrons. The van der Waals surface area contributed by atoms with Crippen LogP contribution in [-0.2, 0) is 4.74 Å². The Balaban J connectivity index is 1.85. The Kier molecular flexibility index (Phi) is 5.61. The number of nitrogens with zero attached hydrogens (tertiary/aromatic N) is 2. The summed E-state index contributed by atoms with van der Waals surface area (Å²) in [4.78, 5) is 25.1. The third-order valence-electron chi connectivity index (χ3n) is 3.86. The highest BCUT2D eigenvalue weighted by Gasteiger charge is 2.24. The first-order valence-electron chi connectivity index (χ1n) is 7.74. The molecule has 0 spiro atoms. The molecule has 2 aromatic rings. The van der Waals surface area contributed by atoms with Gasteiger partial charge in [-0.15, -0.1) is 0 Å². The third-order valence-corrected chi connectivity index (χ3v) is 4.60. The largest absolute Gasteiger partial charge is 0.423 e. The minimum Gasteiger partial charge on any atom is -0.423 e. The number of carbonyl (C=O) groups is 1. The monoisotopic (exact) mass is 396 g/mol. The lowest BCUT2D eigenvalue weighted by atomic mass is 10.1. The van der Waals surface area contributed by atoms with Gasteiger partial charge in [0.05, 0.1) is 33.7 Å². The van der Waals surface area contributed by atoms with Crippen molar-refractivity contribution in [2.45, 2.75) is 0 Å². The van der Waals surface area contributed by atoms with Crippen molar-refractivity contribution in [1.29, 1.82) is 0 Å². The number of morpholine rings is 1. The van der Waals surface area contributed by atoms with Crippen LogP contribution in [0.2, 0.25) is 10.0 Å². The smallest absolute Gasteiger partial charge is 0.343 e. The number of carbonyl (C=O) groups excluding carboxylic acids is 1. The van der Waals surface area contributed by atoms with E-state index in [2.05, 4.69) is 0 Å². The minimum atomic E-state index is -0.722. The number of benzene rings is 2. The van der Waals surface area contributed by atoms with Crippen molar-refractivity contribution >= 4 is 40.5 Å². The molecule has 9 heteroatoms. The molecule has 3 rings (SSSR count). The number of anilines is 1. The average Bonchev–Trinajstić information content (AvgIpc) is 2.65. The topological polar surface area (TPSA) is 81.9 Å². The maximum atomic E-state index is 12.3. The van der Waals surface area contributed by atoms with Gasteiger partial charge in [-0.3, -0.25) is 10.1 Å². The summed E-state index contributed by atoms with van der Waals surface area (Å²) < 4.78 is 10.5. The Morgan fingerprint density at radius 2 is 1.85 bits per heavy atom. The van der Waals surface area contributed by atoms with Crippen molar-refractivity contribution in [2.24, 2.45) is 0 Å². The van der Waals surface area contributed by atoms with E-state index in [1.165, 1.54) is 30.3 Å². The molecule has 0 saturated carbocycles. The van der Waals surface area contributed by atoms with E-state index in [4.69, 9.17) is 32.7 Å². The number of nitro groups is 1. The Morgan fingerprint density at radius 1 is 1.12 bits per heavy atom. The highest BCUT2D eigenvalue weighted by atomic mass is 35.5. The van der Waals surface area contributed by atoms with Crippen molar-refractivity contribution in [3.8, 4) is 5.75 Å². The van der Waals surface area contributed by atoms with Gasteiger partial charge in [0.2, 0.25) is 0 Å². The van der Waals surface area contributed by atoms with Crippen molar-refractivity contribution in [3.05, 3.63) is 62.1 Å². The molecule has 136 valence electrons. The molecule has 1 heterocycles. The summed E-state index contributed by atoms with van der Waals surface area (Å²) in [5, 5.41) is 12.0. The van der Waals surface area contributed by atoms with Gasteiger partial charge in [0, 0.05) is 25.2 Å². The van der Waals surface area contributed by atoms with Crippen LogP contribution in [0.15, 0.2) is 36.4 Å². The molecule has 1 aliphatic heterocycles. The fourth-order valence-electron chi connectivity index (χ4n) is 2.57. The predicted octanol–water partition coefficient (Wildman–Crippen LogP) is 3.96. The molecule has 0 N–H and O–H groups in total. The van der Waals surface area contributed by atoms with Crippen LogP contribution in [0.3, 0.4) is 0 Å². The molecule has 0 aromatic heterocycles. The summed E-state index contributed by atoms with van der Waals surface area (Å²) in [5.74, 6) is -0.524. The van der Waals surface area contributed by atoms with Gasteiger partial charge in [0.15, 0.2) is 0 Å². The van der Waals surface area contributed by atoms with E-state index in [0.29, 0.717) is 37.0 Å². The molecule has 2 aromatic carbocycles. The molecule has 0 unspecified atom stereocenters. The Morgan fingerprint density at radius 3 is 2.50 bits per heavy atom. The molecule has 0 bridgehead atoms. The molecular formula is C17H14Cl2N2O5. The van der Waals surface area contributed by atoms with E-state index in [1.54, 1.807) is 6.07 Å². The first-order valence-corrected chi connectivity index (χ1v) is 8.49. The summed E-state index contributed by atoms with van der Waals surface area (Å²) >= 11 is 11.7. The number of halogens is 2. The summed E-state index contributed by atoms with van der Waals surface area (Å²) in [6.07, 6.45) is 0. The molecule has 1 fully saturated rings. The highest BCUT2D eigenvalue weighted by molar-refractivity contribution is 6.42. The normalized spacial score (nSPS) is 14.2. The van der Waals surface area contributed by atoms with Gasteiger partial charge in [-0.1, -0.05) is 23.2 Å². The summed E-state index contributed by atoms with van der Waals surface area (Å²) in [5.41, 5.74) is 0.361. The SMILES string of the molecule is O=C(Oc1ccc(Cl)c(Cl)c1)c1ccc(N2CCOCC2)c([N+](=O)[O-])c1. The zero-order valence-corrected chi connectivity index (χ0v) is 15.0. The number of nitro benzene ring substituents is 1. The lowest BCUT2D eigenvalue weighted by Crippen LogP contribution is -2.36. The van der Waals surface area contributed by atoms with E-state index in [9.17, 15) is 14.9 Å². The highest BCUT2D eigenvalue weighted by Crippen LogP contribution is 2.31. The van der Waals surface area contributed by atoms with E-state index in [1.807, 2.05) is 4.90 Å². The van der Waals surface area contributed by atoms with Gasteiger partial charge in [-0.05, 0) is 24.3 Å². The molecule has 26 heavy (non-hydrogen) atoms. The summed E-state index contributed by atoms with van der Waals surface area (Å²) in [6.45, 7) is 2.10. The van der Waals surface area contributed by atoms with Crippen molar-refractivity contribution in [1.82, 2.24) is 0 Å². The van der Waals surface area contributed by atoms with E-state index >= 15 is 0 Å². The standard InChI is InChI=1S/C17H14Cl2N2O5/c18-13-3-2-12(10-14(13)19)26-17(22)11-1-4-15(16(9-11)21(23)24)20-5-7-25-8-6-20/h1-4,9-10H,5-8H2. The first kappa shape index (κ1) is 18.4. The van der Waals surface area contributed by atoms with Crippen LogP contribution in [-0.4, -0.2) is 37.2 Å². The van der Waals surface area contributed by atoms with Crippen LogP contribution in [0.25, 0.3) is 0 Å². The van der Waals surface area contributed by atoms with Crippen LogP contribution in [0.5, 0.6) is 5.75 Å². The van der Waals surface area contributed by atoms with Gasteiger partial charge in [0.25, 0.3) is 5.69 Å². The lowest BCUT2D eigenvalue weighted by molar-refractivity contribution is -0.384. The van der Waals surface area contributed by atoms with Gasteiger partial charge in [-0.2, -0.15) is 0 Å². The van der Waals surface area contributed by atoms with Crippen LogP contribution in [0, 0.1) is 10.1 Å². The van der Waals surface area contributed by atoms with Crippen LogP contribution in [0.1, 0.15) is 10.4 Å². The molecule has 0 atom stereocenters. The Hall–Kier alpha value is -2.35. The molecule has 0 amide bonds. The van der Waals surface area contributed by atoms with E-state index < -0.39 is 10.9 Å². The fraction of sp³-hybridized carbons (Fsp3) is 0.235. The number of esters is 1. The number of rotatable bonds is 4. The second-order valence-electron chi connectivity index (χ2n) is 5.53. The molecule has 7 nitrogen and oxygen atoms in total. The first-order chi connectivity index (χ1) is 12.5. The predicted molar refractivity (Wildman–Crippen MR) is 97.5 cm³/mol. The maximum absolute atomic E-state index is 12.3. The van der Waals surface area contributed by atoms with Gasteiger partial charge in [0.1, 0.15) is 11.4 Å². The number of hydrogen-bond donors (Lipinski definition) is 0. The fourth-order valence-corrected chi connectivity index (χ4v) is 2.86. The molecule has 1 aliphatic rings.